The van der Waals surface area contributed by atoms with Crippen molar-refractivity contribution in [3.05, 3.63) is 82.4 Å². The topological polar surface area (TPSA) is 214 Å². The minimum atomic E-state index is -4.09. The second-order valence-electron chi connectivity index (χ2n) is 8.99. The molecule has 14 nitrogen and oxygen atoms in total. The summed E-state index contributed by atoms with van der Waals surface area (Å²) >= 11 is 0. The minimum Gasteiger partial charge on any atom is -0.478 e. The number of H-pyrrole nitrogens is 1. The molecule has 204 valence electrons. The number of nitrogens with one attached hydrogen (secondary N) is 2. The molecule has 0 amide bonds. The molecule has 0 saturated carbocycles. The number of carboxylic acid groups (broad SMARTS) is 1. The van der Waals surface area contributed by atoms with E-state index in [-0.39, 0.29) is 34.1 Å². The Labute approximate surface area is 221 Å². The molecule has 0 radical (unpaired) electrons. The van der Waals surface area contributed by atoms with E-state index in [0.717, 1.165) is 29.8 Å². The van der Waals surface area contributed by atoms with E-state index in [1.54, 1.807) is 4.57 Å². The van der Waals surface area contributed by atoms with Crippen LogP contribution in [0.2, 0.25) is 0 Å². The summed E-state index contributed by atoms with van der Waals surface area (Å²) in [6, 6.07) is 13.9. The van der Waals surface area contributed by atoms with Crippen LogP contribution in [0.4, 0.5) is 5.95 Å². The molecule has 39 heavy (non-hydrogen) atoms. The summed E-state index contributed by atoms with van der Waals surface area (Å²) in [7, 11) is -4.09. The van der Waals surface area contributed by atoms with Crippen molar-refractivity contribution in [1.29, 1.82) is 0 Å². The van der Waals surface area contributed by atoms with E-state index >= 15 is 0 Å². The fourth-order valence-electron chi connectivity index (χ4n) is 4.44. The maximum atomic E-state index is 12.8. The third kappa shape index (κ3) is 5.13. The summed E-state index contributed by atoms with van der Waals surface area (Å²) in [6.45, 7) is -0.120. The minimum absolute atomic E-state index is 0.0778. The number of sulfonamides is 1. The van der Waals surface area contributed by atoms with Crippen LogP contribution in [0.15, 0.2) is 70.6 Å². The highest BCUT2D eigenvalue weighted by atomic mass is 32.2. The first-order valence-corrected chi connectivity index (χ1v) is 13.2. The Morgan fingerprint density at radius 1 is 1.13 bits per heavy atom. The van der Waals surface area contributed by atoms with Crippen molar-refractivity contribution in [2.75, 3.05) is 12.3 Å². The highest BCUT2D eigenvalue weighted by Crippen LogP contribution is 2.27. The van der Waals surface area contributed by atoms with Gasteiger partial charge in [-0.25, -0.2) is 22.5 Å². The first kappa shape index (κ1) is 26.5. The standard InChI is InChI=1S/C24H24N6O8S/c25-24-27-20-17(21(33)28-24)29(11-13-4-2-1-3-5-13)12-30(20)22-19(32)18(31)16(38-22)10-26-39(36,37)15-8-6-14(7-9-15)23(34)35/h1-9,12,16,18-19,22,26,31-32H,10-11H2,(H3-,25,27,28,33,34,35)/p+1/t16-,18-,19-,22-/m1/s1. The molecule has 0 aliphatic carbocycles. The van der Waals surface area contributed by atoms with Crippen molar-refractivity contribution in [2.45, 2.75) is 36.0 Å². The zero-order valence-corrected chi connectivity index (χ0v) is 21.0. The quantitative estimate of drug-likeness (QED) is 0.144. The number of imidazole rings is 1. The summed E-state index contributed by atoms with van der Waals surface area (Å²) in [6.07, 6.45) is -3.88. The van der Waals surface area contributed by atoms with Gasteiger partial charge < -0.3 is 25.8 Å². The van der Waals surface area contributed by atoms with Gasteiger partial charge in [0.2, 0.25) is 21.8 Å². The Morgan fingerprint density at radius 3 is 2.49 bits per heavy atom. The molecule has 0 spiro atoms. The lowest BCUT2D eigenvalue weighted by Gasteiger charge is -2.15. The zero-order chi connectivity index (χ0) is 27.9. The van der Waals surface area contributed by atoms with Crippen LogP contribution >= 0.6 is 0 Å². The summed E-state index contributed by atoms with van der Waals surface area (Å²) < 4.78 is 36.6. The van der Waals surface area contributed by atoms with Gasteiger partial charge in [0, 0.05) is 6.54 Å². The SMILES string of the molecule is Nc1nc2c(c(=O)[nH]1)n(Cc1ccccc1)c[n+]2[C@@H]1O[C@H](CNS(=O)(=O)c2ccc(C(=O)O)cc2)[C@@H](O)[C@H]1O. The number of aliphatic hydroxyl groups excluding tert-OH is 2. The first-order valence-electron chi connectivity index (χ1n) is 11.7. The predicted molar refractivity (Wildman–Crippen MR) is 135 cm³/mol. The second kappa shape index (κ2) is 10.2. The monoisotopic (exact) mass is 557 g/mol. The van der Waals surface area contributed by atoms with Crippen LogP contribution in [0.5, 0.6) is 0 Å². The largest absolute Gasteiger partial charge is 0.478 e. The zero-order valence-electron chi connectivity index (χ0n) is 20.2. The molecule has 3 heterocycles. The Kier molecular flexibility index (Phi) is 6.92. The Balaban J connectivity index is 1.40. The number of nitrogens with zero attached hydrogens (tertiary/aromatic N) is 3. The van der Waals surface area contributed by atoms with Gasteiger partial charge in [0.25, 0.3) is 11.5 Å². The van der Waals surface area contributed by atoms with Gasteiger partial charge in [-0.05, 0) is 29.8 Å². The van der Waals surface area contributed by atoms with Crippen molar-refractivity contribution in [1.82, 2.24) is 19.3 Å². The Hall–Kier alpha value is -4.15. The smallest absolute Gasteiger partial charge is 0.335 e. The number of nitrogens with two attached hydrogens (primary N) is 1. The molecule has 1 aliphatic rings. The number of ether oxygens (including phenoxy) is 1. The third-order valence-electron chi connectivity index (χ3n) is 6.38. The molecule has 2 aromatic carbocycles. The maximum absolute atomic E-state index is 12.8. The van der Waals surface area contributed by atoms with Crippen molar-refractivity contribution >= 4 is 33.1 Å². The number of aromatic amines is 1. The van der Waals surface area contributed by atoms with Gasteiger partial charge in [0.05, 0.1) is 17.0 Å². The number of hydrogen-bond donors (Lipinski definition) is 6. The van der Waals surface area contributed by atoms with Gasteiger partial charge in [-0.15, -0.1) is 0 Å². The number of aromatic carboxylic acids is 1. The van der Waals surface area contributed by atoms with Gasteiger partial charge in [-0.3, -0.25) is 14.3 Å². The number of aromatic nitrogens is 4. The van der Waals surface area contributed by atoms with Crippen LogP contribution in [0, 0.1) is 0 Å². The number of carboxylic acids is 1. The van der Waals surface area contributed by atoms with Crippen molar-refractivity contribution in [3.63, 3.8) is 0 Å². The summed E-state index contributed by atoms with van der Waals surface area (Å²) in [5.74, 6) is -1.36. The van der Waals surface area contributed by atoms with Crippen molar-refractivity contribution in [2.24, 2.45) is 0 Å². The van der Waals surface area contributed by atoms with Gasteiger partial charge in [0.15, 0.2) is 6.33 Å². The highest BCUT2D eigenvalue weighted by Gasteiger charge is 2.47. The van der Waals surface area contributed by atoms with Crippen LogP contribution in [0.1, 0.15) is 22.1 Å². The molecule has 1 fully saturated rings. The number of hydrogen-bond acceptors (Lipinski definition) is 9. The molecule has 4 aromatic rings. The van der Waals surface area contributed by atoms with Gasteiger partial charge in [-0.1, -0.05) is 35.3 Å². The van der Waals surface area contributed by atoms with E-state index in [0.29, 0.717) is 0 Å². The predicted octanol–water partition coefficient (Wildman–Crippen LogP) is -1.06. The van der Waals surface area contributed by atoms with E-state index in [1.807, 2.05) is 30.3 Å². The Morgan fingerprint density at radius 2 is 1.82 bits per heavy atom. The van der Waals surface area contributed by atoms with Gasteiger partial charge in [0.1, 0.15) is 18.3 Å². The molecule has 15 heteroatoms. The highest BCUT2D eigenvalue weighted by molar-refractivity contribution is 7.89. The number of carbonyl (C=O) groups is 1. The lowest BCUT2D eigenvalue weighted by molar-refractivity contribution is -0.745. The van der Waals surface area contributed by atoms with Crippen LogP contribution in [-0.4, -0.2) is 69.1 Å². The van der Waals surface area contributed by atoms with Gasteiger partial charge >= 0.3 is 11.6 Å². The number of rotatable bonds is 8. The maximum Gasteiger partial charge on any atom is 0.335 e. The molecule has 2 aromatic heterocycles. The molecule has 1 saturated heterocycles. The van der Waals surface area contributed by atoms with E-state index in [4.69, 9.17) is 15.6 Å². The van der Waals surface area contributed by atoms with Crippen LogP contribution in [0.25, 0.3) is 11.2 Å². The van der Waals surface area contributed by atoms with Crippen molar-refractivity contribution < 1.29 is 37.8 Å². The normalized spacial score (nSPS) is 21.4. The number of aliphatic hydroxyl groups is 2. The Bertz CT molecular complexity index is 1690. The summed E-state index contributed by atoms with van der Waals surface area (Å²) in [5, 5.41) is 30.5. The van der Waals surface area contributed by atoms with E-state index in [9.17, 15) is 28.2 Å². The van der Waals surface area contributed by atoms with Crippen LogP contribution in [0.3, 0.4) is 0 Å². The second-order valence-corrected chi connectivity index (χ2v) is 10.8. The number of anilines is 1. The average Bonchev–Trinajstić information content (AvgIpc) is 3.40. The van der Waals surface area contributed by atoms with E-state index in [2.05, 4.69) is 14.7 Å². The summed E-state index contributed by atoms with van der Waals surface area (Å²) in [5.41, 5.74) is 6.32. The lowest BCUT2D eigenvalue weighted by Crippen LogP contribution is -2.46. The van der Waals surface area contributed by atoms with E-state index in [1.165, 1.54) is 10.9 Å². The number of fused-ring (bicyclic) bond motifs is 1. The van der Waals surface area contributed by atoms with Gasteiger partial charge in [-0.2, -0.15) is 0 Å². The van der Waals surface area contributed by atoms with Crippen LogP contribution in [-0.2, 0) is 21.3 Å². The number of nitrogen functional groups attached to an aromatic ring is 1. The number of benzene rings is 2. The van der Waals surface area contributed by atoms with Crippen molar-refractivity contribution in [3.8, 4) is 0 Å². The lowest BCUT2D eigenvalue weighted by atomic mass is 10.1. The third-order valence-corrected chi connectivity index (χ3v) is 7.82. The first-order chi connectivity index (χ1) is 18.5. The summed E-state index contributed by atoms with van der Waals surface area (Å²) in [4.78, 5) is 30.3. The fraction of sp³-hybridized carbons (Fsp3) is 0.250. The molecule has 1 aliphatic heterocycles. The average molecular weight is 558 g/mol. The molecule has 0 bridgehead atoms. The fourth-order valence-corrected chi connectivity index (χ4v) is 5.48. The van der Waals surface area contributed by atoms with Crippen LogP contribution < -0.4 is 20.6 Å². The molecule has 0 unspecified atom stereocenters. The molecular weight excluding hydrogens is 532 g/mol. The molecule has 4 atom stereocenters. The molecule has 5 rings (SSSR count). The molecular formula is C24H25N6O8S+. The molecule has 7 N–H and O–H groups in total. The van der Waals surface area contributed by atoms with E-state index < -0.39 is 52.6 Å².